The molecule has 21 heavy (non-hydrogen) atoms. The summed E-state index contributed by atoms with van der Waals surface area (Å²) >= 11 is 0. The van der Waals surface area contributed by atoms with E-state index in [1.165, 1.54) is 12.1 Å². The number of ether oxygens (including phenoxy) is 1. The molecule has 2 N–H and O–H groups in total. The Bertz CT molecular complexity index is 519. The molecule has 1 saturated heterocycles. The van der Waals surface area contributed by atoms with Crippen molar-refractivity contribution in [2.24, 2.45) is 5.73 Å². The lowest BCUT2D eigenvalue weighted by molar-refractivity contribution is -0.147. The molecule has 0 bridgehead atoms. The summed E-state index contributed by atoms with van der Waals surface area (Å²) in [7, 11) is 0. The van der Waals surface area contributed by atoms with E-state index in [1.807, 2.05) is 6.92 Å². The summed E-state index contributed by atoms with van der Waals surface area (Å²) in [5.74, 6) is -0.260. The van der Waals surface area contributed by atoms with Gasteiger partial charge in [0.2, 0.25) is 5.91 Å². The molecular formula is C15H20ClFN2O2. The van der Waals surface area contributed by atoms with Gasteiger partial charge in [0.15, 0.2) is 0 Å². The van der Waals surface area contributed by atoms with Crippen LogP contribution in [0.4, 0.5) is 4.39 Å². The van der Waals surface area contributed by atoms with Crippen LogP contribution in [-0.4, -0.2) is 35.5 Å². The Morgan fingerprint density at radius 3 is 2.52 bits per heavy atom. The van der Waals surface area contributed by atoms with Gasteiger partial charge in [-0.25, -0.2) is 4.39 Å². The van der Waals surface area contributed by atoms with Gasteiger partial charge >= 0.3 is 0 Å². The number of nitrogens with zero attached hydrogens (tertiary/aromatic N) is 1. The summed E-state index contributed by atoms with van der Waals surface area (Å²) in [6.07, 6.45) is 1.26. The number of carbonyl (C=O) groups is 1. The molecule has 0 radical (unpaired) electrons. The fraction of sp³-hybridized carbons (Fsp3) is 0.533. The van der Waals surface area contributed by atoms with Crippen LogP contribution in [0.5, 0.6) is 0 Å². The summed E-state index contributed by atoms with van der Waals surface area (Å²) in [5, 5.41) is 0. The van der Waals surface area contributed by atoms with Crippen LogP contribution in [0.15, 0.2) is 24.3 Å². The van der Waals surface area contributed by atoms with Crippen LogP contribution in [0.25, 0.3) is 0 Å². The maximum Gasteiger partial charge on any atom is 0.242 e. The Labute approximate surface area is 129 Å². The van der Waals surface area contributed by atoms with Crippen molar-refractivity contribution in [2.75, 3.05) is 13.1 Å². The zero-order chi connectivity index (χ0) is 14.3. The van der Waals surface area contributed by atoms with Crippen LogP contribution < -0.4 is 5.73 Å². The van der Waals surface area contributed by atoms with Gasteiger partial charge in [0, 0.05) is 6.54 Å². The normalized spacial score (nSPS) is 26.9. The predicted octanol–water partition coefficient (Wildman–Crippen LogP) is 2.03. The molecule has 2 fully saturated rings. The van der Waals surface area contributed by atoms with Crippen molar-refractivity contribution in [1.29, 1.82) is 0 Å². The van der Waals surface area contributed by atoms with Crippen LogP contribution >= 0.6 is 12.4 Å². The van der Waals surface area contributed by atoms with E-state index < -0.39 is 5.54 Å². The summed E-state index contributed by atoms with van der Waals surface area (Å²) in [4.78, 5) is 14.1. The van der Waals surface area contributed by atoms with E-state index in [-0.39, 0.29) is 36.3 Å². The van der Waals surface area contributed by atoms with Gasteiger partial charge in [-0.3, -0.25) is 4.79 Å². The fourth-order valence-corrected chi connectivity index (χ4v) is 2.64. The van der Waals surface area contributed by atoms with Gasteiger partial charge in [-0.1, -0.05) is 12.1 Å². The van der Waals surface area contributed by atoms with Gasteiger partial charge in [0.05, 0.1) is 18.2 Å². The highest BCUT2D eigenvalue weighted by Gasteiger charge is 2.49. The van der Waals surface area contributed by atoms with Crippen LogP contribution in [0, 0.1) is 5.82 Å². The average Bonchev–Trinajstić information content (AvgIpc) is 3.17. The molecular weight excluding hydrogens is 295 g/mol. The number of hydrogen-bond donors (Lipinski definition) is 1. The van der Waals surface area contributed by atoms with Gasteiger partial charge in [0.25, 0.3) is 0 Å². The SMILES string of the molecule is CC1CN(C(=O)C2(N)CC2)CC(c2ccc(F)cc2)O1.Cl. The number of morpholine rings is 1. The molecule has 1 aromatic carbocycles. The first kappa shape index (κ1) is 16.2. The van der Waals surface area contributed by atoms with Gasteiger partial charge < -0.3 is 15.4 Å². The minimum atomic E-state index is -0.648. The Morgan fingerprint density at radius 2 is 1.95 bits per heavy atom. The Morgan fingerprint density at radius 1 is 1.33 bits per heavy atom. The highest BCUT2D eigenvalue weighted by molar-refractivity contribution is 5.89. The van der Waals surface area contributed by atoms with E-state index in [4.69, 9.17) is 10.5 Å². The molecule has 2 aliphatic rings. The molecule has 1 aliphatic carbocycles. The second-order valence-corrected chi connectivity index (χ2v) is 5.85. The van der Waals surface area contributed by atoms with Gasteiger partial charge in [-0.05, 0) is 37.5 Å². The first-order chi connectivity index (χ1) is 9.48. The molecule has 2 atom stereocenters. The number of hydrogen-bond acceptors (Lipinski definition) is 3. The first-order valence-electron chi connectivity index (χ1n) is 6.97. The smallest absolute Gasteiger partial charge is 0.242 e. The Balaban J connectivity index is 0.00000161. The summed E-state index contributed by atoms with van der Waals surface area (Å²) in [6.45, 7) is 2.98. The lowest BCUT2D eigenvalue weighted by atomic mass is 10.1. The zero-order valence-electron chi connectivity index (χ0n) is 11.9. The summed E-state index contributed by atoms with van der Waals surface area (Å²) in [5.41, 5.74) is 6.23. The highest BCUT2D eigenvalue weighted by Crippen LogP contribution is 2.36. The molecule has 0 spiro atoms. The third kappa shape index (κ3) is 3.36. The average molecular weight is 315 g/mol. The number of benzene rings is 1. The lowest BCUT2D eigenvalue weighted by Crippen LogP contribution is -2.52. The quantitative estimate of drug-likeness (QED) is 0.908. The topological polar surface area (TPSA) is 55.6 Å². The van der Waals surface area contributed by atoms with Crippen LogP contribution in [0.2, 0.25) is 0 Å². The number of carbonyl (C=O) groups excluding carboxylic acids is 1. The Hall–Kier alpha value is -1.17. The second-order valence-electron chi connectivity index (χ2n) is 5.85. The number of rotatable bonds is 2. The molecule has 4 nitrogen and oxygen atoms in total. The second kappa shape index (κ2) is 5.91. The lowest BCUT2D eigenvalue weighted by Gasteiger charge is -2.38. The molecule has 2 unspecified atom stereocenters. The van der Waals surface area contributed by atoms with Crippen molar-refractivity contribution in [1.82, 2.24) is 4.90 Å². The molecule has 1 amide bonds. The van der Waals surface area contributed by atoms with E-state index in [9.17, 15) is 9.18 Å². The zero-order valence-corrected chi connectivity index (χ0v) is 12.7. The van der Waals surface area contributed by atoms with Crippen molar-refractivity contribution < 1.29 is 13.9 Å². The maximum absolute atomic E-state index is 13.0. The number of amides is 1. The molecule has 1 aromatic rings. The number of nitrogens with two attached hydrogens (primary N) is 1. The van der Waals surface area contributed by atoms with Gasteiger partial charge in [0.1, 0.15) is 11.9 Å². The van der Waals surface area contributed by atoms with E-state index >= 15 is 0 Å². The summed E-state index contributed by atoms with van der Waals surface area (Å²) in [6, 6.07) is 6.23. The fourth-order valence-electron chi connectivity index (χ4n) is 2.64. The van der Waals surface area contributed by atoms with Crippen LogP contribution in [0.1, 0.15) is 31.4 Å². The standard InChI is InChI=1S/C15H19FN2O2.ClH/c1-10-8-18(14(19)15(17)6-7-15)9-13(20-10)11-2-4-12(16)5-3-11;/h2-5,10,13H,6-9,17H2,1H3;1H. The van der Waals surface area contributed by atoms with Gasteiger partial charge in [-0.15, -0.1) is 12.4 Å². The molecule has 1 aliphatic heterocycles. The third-order valence-corrected chi connectivity index (χ3v) is 4.00. The summed E-state index contributed by atoms with van der Waals surface area (Å²) < 4.78 is 18.8. The van der Waals surface area contributed by atoms with Crippen molar-refractivity contribution in [3.8, 4) is 0 Å². The molecule has 6 heteroatoms. The molecule has 0 aromatic heterocycles. The molecule has 1 saturated carbocycles. The molecule has 116 valence electrons. The monoisotopic (exact) mass is 314 g/mol. The maximum atomic E-state index is 13.0. The van der Waals surface area contributed by atoms with Gasteiger partial charge in [-0.2, -0.15) is 0 Å². The largest absolute Gasteiger partial charge is 0.367 e. The van der Waals surface area contributed by atoms with Crippen molar-refractivity contribution in [3.63, 3.8) is 0 Å². The highest BCUT2D eigenvalue weighted by atomic mass is 35.5. The van der Waals surface area contributed by atoms with E-state index in [2.05, 4.69) is 0 Å². The molecule has 3 rings (SSSR count). The predicted molar refractivity (Wildman–Crippen MR) is 79.7 cm³/mol. The number of halogens is 2. The van der Waals surface area contributed by atoms with E-state index in [0.29, 0.717) is 13.1 Å². The minimum absolute atomic E-state index is 0. The van der Waals surface area contributed by atoms with E-state index in [0.717, 1.165) is 18.4 Å². The van der Waals surface area contributed by atoms with Crippen LogP contribution in [0.3, 0.4) is 0 Å². The van der Waals surface area contributed by atoms with E-state index in [1.54, 1.807) is 17.0 Å². The molecule has 1 heterocycles. The minimum Gasteiger partial charge on any atom is -0.367 e. The van der Waals surface area contributed by atoms with Crippen molar-refractivity contribution in [3.05, 3.63) is 35.6 Å². The van der Waals surface area contributed by atoms with Crippen LogP contribution in [-0.2, 0) is 9.53 Å². The first-order valence-corrected chi connectivity index (χ1v) is 6.97. The third-order valence-electron chi connectivity index (χ3n) is 4.00. The van der Waals surface area contributed by atoms with Crippen molar-refractivity contribution >= 4 is 18.3 Å². The Kier molecular flexibility index (Phi) is 4.56. The van der Waals surface area contributed by atoms with Crippen molar-refractivity contribution in [2.45, 2.75) is 37.5 Å².